The van der Waals surface area contributed by atoms with Gasteiger partial charge in [0.15, 0.2) is 17.3 Å². The second kappa shape index (κ2) is 8.38. The second-order valence-electron chi connectivity index (χ2n) is 5.61. The van der Waals surface area contributed by atoms with E-state index in [2.05, 4.69) is 4.90 Å². The van der Waals surface area contributed by atoms with Crippen LogP contribution in [0.4, 0.5) is 5.69 Å². The van der Waals surface area contributed by atoms with Gasteiger partial charge < -0.3 is 19.5 Å². The molecule has 0 amide bonds. The zero-order chi connectivity index (χ0) is 19.3. The number of rotatable bonds is 8. The van der Waals surface area contributed by atoms with Gasteiger partial charge in [0.1, 0.15) is 0 Å². The van der Waals surface area contributed by atoms with Crippen molar-refractivity contribution in [2.75, 3.05) is 32.2 Å². The molecule has 1 N–H and O–H groups in total. The number of carboxylic acid groups (broad SMARTS) is 1. The van der Waals surface area contributed by atoms with E-state index in [9.17, 15) is 14.7 Å². The fourth-order valence-electron chi connectivity index (χ4n) is 2.83. The smallest absolute Gasteiger partial charge is 0.336 e. The Morgan fingerprint density at radius 1 is 0.923 bits per heavy atom. The minimum atomic E-state index is -1.14. The highest BCUT2D eigenvalue weighted by molar-refractivity contribution is 6.15. The molecule has 0 aromatic heterocycles. The summed E-state index contributed by atoms with van der Waals surface area (Å²) in [5.74, 6) is -0.605. The van der Waals surface area contributed by atoms with Crippen LogP contribution in [0.25, 0.3) is 0 Å². The van der Waals surface area contributed by atoms with Gasteiger partial charge in [0, 0.05) is 29.9 Å². The summed E-state index contributed by atoms with van der Waals surface area (Å²) in [6, 6.07) is 9.61. The van der Waals surface area contributed by atoms with Gasteiger partial charge in [0.05, 0.1) is 19.8 Å². The van der Waals surface area contributed by atoms with Crippen LogP contribution in [0.15, 0.2) is 36.4 Å². The van der Waals surface area contributed by atoms with E-state index in [0.717, 1.165) is 18.8 Å². The van der Waals surface area contributed by atoms with Crippen LogP contribution in [-0.4, -0.2) is 44.2 Å². The Balaban J connectivity index is 2.56. The predicted molar refractivity (Wildman–Crippen MR) is 99.9 cm³/mol. The van der Waals surface area contributed by atoms with Crippen molar-refractivity contribution >= 4 is 17.4 Å². The molecule has 2 aromatic carbocycles. The molecule has 2 aromatic rings. The minimum absolute atomic E-state index is 0.0271. The Kier molecular flexibility index (Phi) is 6.22. The number of carbonyl (C=O) groups is 2. The van der Waals surface area contributed by atoms with Gasteiger partial charge in [0.25, 0.3) is 0 Å². The van der Waals surface area contributed by atoms with E-state index in [0.29, 0.717) is 17.1 Å². The monoisotopic (exact) mass is 357 g/mol. The first kappa shape index (κ1) is 19.3. The summed E-state index contributed by atoms with van der Waals surface area (Å²) in [4.78, 5) is 26.7. The first-order valence-corrected chi connectivity index (χ1v) is 8.35. The highest BCUT2D eigenvalue weighted by Crippen LogP contribution is 2.30. The molecule has 0 aliphatic heterocycles. The van der Waals surface area contributed by atoms with Gasteiger partial charge in [-0.05, 0) is 50.2 Å². The van der Waals surface area contributed by atoms with E-state index in [-0.39, 0.29) is 16.9 Å². The molecule has 0 fully saturated rings. The van der Waals surface area contributed by atoms with Gasteiger partial charge in [0.2, 0.25) is 0 Å². The van der Waals surface area contributed by atoms with Crippen molar-refractivity contribution in [2.45, 2.75) is 13.8 Å². The number of hydrogen-bond donors (Lipinski definition) is 1. The Hall–Kier alpha value is -3.02. The molecule has 2 rings (SSSR count). The van der Waals surface area contributed by atoms with E-state index in [1.165, 1.54) is 20.3 Å². The van der Waals surface area contributed by atoms with Gasteiger partial charge in [-0.15, -0.1) is 0 Å². The lowest BCUT2D eigenvalue weighted by Gasteiger charge is -2.22. The third kappa shape index (κ3) is 3.79. The van der Waals surface area contributed by atoms with Crippen molar-refractivity contribution in [3.63, 3.8) is 0 Å². The zero-order valence-electron chi connectivity index (χ0n) is 15.4. The maximum absolute atomic E-state index is 13.0. The van der Waals surface area contributed by atoms with E-state index >= 15 is 0 Å². The summed E-state index contributed by atoms with van der Waals surface area (Å²) in [7, 11) is 2.99. The summed E-state index contributed by atoms with van der Waals surface area (Å²) in [6.45, 7) is 5.52. The highest BCUT2D eigenvalue weighted by atomic mass is 16.5. The second-order valence-corrected chi connectivity index (χ2v) is 5.61. The molecular formula is C20H23NO5. The van der Waals surface area contributed by atoms with Gasteiger partial charge >= 0.3 is 5.97 Å². The van der Waals surface area contributed by atoms with Gasteiger partial charge in [-0.2, -0.15) is 0 Å². The number of nitrogens with zero attached hydrogens (tertiary/aromatic N) is 1. The van der Waals surface area contributed by atoms with Crippen LogP contribution in [0.3, 0.4) is 0 Å². The van der Waals surface area contributed by atoms with E-state index in [4.69, 9.17) is 9.47 Å². The highest BCUT2D eigenvalue weighted by Gasteiger charge is 2.21. The molecule has 0 unspecified atom stereocenters. The fraction of sp³-hybridized carbons (Fsp3) is 0.300. The molecular weight excluding hydrogens is 334 g/mol. The molecule has 0 spiro atoms. The first-order valence-electron chi connectivity index (χ1n) is 8.35. The van der Waals surface area contributed by atoms with E-state index in [1.54, 1.807) is 30.3 Å². The number of ether oxygens (including phenoxy) is 2. The molecule has 6 heteroatoms. The normalized spacial score (nSPS) is 10.3. The molecule has 0 aliphatic carbocycles. The molecule has 0 atom stereocenters. The molecule has 138 valence electrons. The summed E-state index contributed by atoms with van der Waals surface area (Å²) in [5.41, 5.74) is 1.26. The topological polar surface area (TPSA) is 76.1 Å². The molecule has 0 radical (unpaired) electrons. The van der Waals surface area contributed by atoms with Crippen LogP contribution in [0.1, 0.15) is 40.1 Å². The van der Waals surface area contributed by atoms with Crippen molar-refractivity contribution in [1.82, 2.24) is 0 Å². The summed E-state index contributed by atoms with van der Waals surface area (Å²) >= 11 is 0. The predicted octanol–water partition coefficient (Wildman–Crippen LogP) is 3.48. The Bertz CT molecular complexity index is 812. The lowest BCUT2D eigenvalue weighted by Crippen LogP contribution is -2.22. The Morgan fingerprint density at radius 3 is 2.12 bits per heavy atom. The number of aromatic carboxylic acids is 1. The first-order chi connectivity index (χ1) is 12.5. The van der Waals surface area contributed by atoms with Crippen molar-refractivity contribution < 1.29 is 24.2 Å². The van der Waals surface area contributed by atoms with Crippen molar-refractivity contribution in [3.8, 4) is 11.5 Å². The summed E-state index contributed by atoms with van der Waals surface area (Å²) in [6.07, 6.45) is 0. The number of methoxy groups -OCH3 is 2. The van der Waals surface area contributed by atoms with E-state index < -0.39 is 5.97 Å². The standard InChI is InChI=1S/C20H23NO5/c1-5-21(6-2)14-8-9-15(20(23)24)16(12-14)19(22)13-7-10-17(25-3)18(11-13)26-4/h7-12H,5-6H2,1-4H3,(H,23,24). The lowest BCUT2D eigenvalue weighted by atomic mass is 9.97. The number of carbonyl (C=O) groups excluding carboxylic acids is 1. The average molecular weight is 357 g/mol. The third-order valence-corrected chi connectivity index (χ3v) is 4.25. The lowest BCUT2D eigenvalue weighted by molar-refractivity contribution is 0.0693. The van der Waals surface area contributed by atoms with Crippen LogP contribution in [0.5, 0.6) is 11.5 Å². The van der Waals surface area contributed by atoms with Gasteiger partial charge in [-0.25, -0.2) is 4.79 Å². The molecule has 0 heterocycles. The zero-order valence-corrected chi connectivity index (χ0v) is 15.4. The van der Waals surface area contributed by atoms with Crippen LogP contribution >= 0.6 is 0 Å². The van der Waals surface area contributed by atoms with Crippen molar-refractivity contribution in [2.24, 2.45) is 0 Å². The fourth-order valence-corrected chi connectivity index (χ4v) is 2.83. The quantitative estimate of drug-likeness (QED) is 0.729. The summed E-state index contributed by atoms with van der Waals surface area (Å²) < 4.78 is 10.4. The molecule has 0 saturated heterocycles. The Labute approximate surface area is 153 Å². The number of anilines is 1. The van der Waals surface area contributed by atoms with Gasteiger partial charge in [-0.1, -0.05) is 0 Å². The third-order valence-electron chi connectivity index (χ3n) is 4.25. The van der Waals surface area contributed by atoms with Crippen LogP contribution in [0, 0.1) is 0 Å². The van der Waals surface area contributed by atoms with Crippen LogP contribution in [0.2, 0.25) is 0 Å². The molecule has 26 heavy (non-hydrogen) atoms. The molecule has 0 bridgehead atoms. The van der Waals surface area contributed by atoms with Crippen molar-refractivity contribution in [1.29, 1.82) is 0 Å². The van der Waals surface area contributed by atoms with Crippen LogP contribution in [-0.2, 0) is 0 Å². The number of carboxylic acids is 1. The van der Waals surface area contributed by atoms with Crippen LogP contribution < -0.4 is 14.4 Å². The maximum atomic E-state index is 13.0. The Morgan fingerprint density at radius 2 is 1.58 bits per heavy atom. The van der Waals surface area contributed by atoms with Gasteiger partial charge in [-0.3, -0.25) is 4.79 Å². The molecule has 0 aliphatic rings. The van der Waals surface area contributed by atoms with E-state index in [1.807, 2.05) is 13.8 Å². The SMILES string of the molecule is CCN(CC)c1ccc(C(=O)O)c(C(=O)c2ccc(OC)c(OC)c2)c1. The number of benzene rings is 2. The maximum Gasteiger partial charge on any atom is 0.336 e. The number of hydrogen-bond acceptors (Lipinski definition) is 5. The number of ketones is 1. The minimum Gasteiger partial charge on any atom is -0.493 e. The molecule has 0 saturated carbocycles. The summed E-state index contributed by atoms with van der Waals surface area (Å²) in [5, 5.41) is 9.48. The van der Waals surface area contributed by atoms with Crippen molar-refractivity contribution in [3.05, 3.63) is 53.1 Å². The molecule has 6 nitrogen and oxygen atoms in total. The average Bonchev–Trinajstić information content (AvgIpc) is 2.67. The largest absolute Gasteiger partial charge is 0.493 e.